The summed E-state index contributed by atoms with van der Waals surface area (Å²) in [6.07, 6.45) is 6.09. The second kappa shape index (κ2) is 5.87. The molecule has 3 rings (SSSR count). The van der Waals surface area contributed by atoms with E-state index in [0.29, 0.717) is 23.0 Å². The number of anilines is 1. The van der Waals surface area contributed by atoms with Gasteiger partial charge in [-0.05, 0) is 43.0 Å². The first-order chi connectivity index (χ1) is 10.1. The molecular weight excluding hydrogens is 288 g/mol. The number of nitrogens with two attached hydrogens (primary N) is 1. The van der Waals surface area contributed by atoms with Crippen LogP contribution < -0.4 is 11.1 Å². The number of nitrogens with zero attached hydrogens (tertiary/aromatic N) is 2. The van der Waals surface area contributed by atoms with Gasteiger partial charge in [-0.25, -0.2) is 4.68 Å². The fourth-order valence-electron chi connectivity index (χ4n) is 2.33. The fraction of sp³-hybridized carbons (Fsp3) is 0.333. The molecule has 1 aliphatic rings. The Hall–Kier alpha value is -1.85. The number of rotatable bonds is 5. The summed E-state index contributed by atoms with van der Waals surface area (Å²) in [5.41, 5.74) is 7.41. The second-order valence-electron chi connectivity index (χ2n) is 5.37. The molecule has 1 aromatic carbocycles. The molecule has 0 spiro atoms. The van der Waals surface area contributed by atoms with E-state index in [4.69, 9.17) is 17.3 Å². The average Bonchev–Trinajstić information content (AvgIpc) is 3.16. The minimum absolute atomic E-state index is 0.0580. The molecule has 2 aromatic rings. The van der Waals surface area contributed by atoms with Crippen LogP contribution in [0.1, 0.15) is 19.3 Å². The Morgan fingerprint density at radius 2 is 2.33 bits per heavy atom. The summed E-state index contributed by atoms with van der Waals surface area (Å²) in [5.74, 6) is 0.408. The predicted octanol–water partition coefficient (Wildman–Crippen LogP) is 2.59. The van der Waals surface area contributed by atoms with Crippen LogP contribution in [0.2, 0.25) is 5.02 Å². The molecule has 0 radical (unpaired) electrons. The highest BCUT2D eigenvalue weighted by atomic mass is 35.5. The summed E-state index contributed by atoms with van der Waals surface area (Å²) in [4.78, 5) is 12.1. The quantitative estimate of drug-likeness (QED) is 0.891. The van der Waals surface area contributed by atoms with Crippen LogP contribution in [0.4, 0.5) is 5.69 Å². The van der Waals surface area contributed by atoms with E-state index in [1.807, 2.05) is 18.3 Å². The average molecular weight is 305 g/mol. The molecule has 1 amide bonds. The summed E-state index contributed by atoms with van der Waals surface area (Å²) in [6.45, 7) is 0. The van der Waals surface area contributed by atoms with E-state index in [1.54, 1.807) is 23.0 Å². The van der Waals surface area contributed by atoms with E-state index in [2.05, 4.69) is 10.4 Å². The number of halogens is 1. The largest absolute Gasteiger partial charge is 0.327 e. The zero-order chi connectivity index (χ0) is 14.8. The number of amides is 1. The van der Waals surface area contributed by atoms with Crippen LogP contribution in [0.25, 0.3) is 5.69 Å². The molecule has 1 unspecified atom stereocenters. The third-order valence-corrected chi connectivity index (χ3v) is 3.87. The van der Waals surface area contributed by atoms with E-state index in [9.17, 15) is 4.79 Å². The van der Waals surface area contributed by atoms with Crippen molar-refractivity contribution in [1.29, 1.82) is 0 Å². The molecule has 1 atom stereocenters. The standard InChI is InChI=1S/C15H17ClN4O/c16-11-4-5-14(20-7-1-6-18-20)13(8-11)19-15(21)9-12(17)10-2-3-10/h1,4-8,10,12H,2-3,9,17H2,(H,19,21). The van der Waals surface area contributed by atoms with Crippen LogP contribution in [0.15, 0.2) is 36.7 Å². The molecule has 0 saturated heterocycles. The smallest absolute Gasteiger partial charge is 0.226 e. The van der Waals surface area contributed by atoms with Crippen molar-refractivity contribution in [3.63, 3.8) is 0 Å². The first kappa shape index (κ1) is 14.1. The van der Waals surface area contributed by atoms with Gasteiger partial charge in [0.15, 0.2) is 0 Å². The third-order valence-electron chi connectivity index (χ3n) is 3.63. The SMILES string of the molecule is NC(CC(=O)Nc1cc(Cl)ccc1-n1cccn1)C1CC1. The Balaban J connectivity index is 1.77. The first-order valence-electron chi connectivity index (χ1n) is 6.98. The molecule has 1 heterocycles. The van der Waals surface area contributed by atoms with Gasteiger partial charge < -0.3 is 11.1 Å². The summed E-state index contributed by atoms with van der Waals surface area (Å²) in [5, 5.41) is 7.63. The lowest BCUT2D eigenvalue weighted by Crippen LogP contribution is -2.29. The van der Waals surface area contributed by atoms with Crippen LogP contribution in [0, 0.1) is 5.92 Å². The van der Waals surface area contributed by atoms with Crippen LogP contribution in [0.5, 0.6) is 0 Å². The number of hydrogen-bond donors (Lipinski definition) is 2. The Kier molecular flexibility index (Phi) is 3.94. The normalized spacial score (nSPS) is 15.7. The van der Waals surface area contributed by atoms with Crippen molar-refractivity contribution >= 4 is 23.2 Å². The molecule has 21 heavy (non-hydrogen) atoms. The fourth-order valence-corrected chi connectivity index (χ4v) is 2.50. The highest BCUT2D eigenvalue weighted by molar-refractivity contribution is 6.31. The highest BCUT2D eigenvalue weighted by Gasteiger charge is 2.29. The van der Waals surface area contributed by atoms with Gasteiger partial charge in [0.1, 0.15) is 0 Å². The van der Waals surface area contributed by atoms with Crippen LogP contribution in [-0.4, -0.2) is 21.7 Å². The van der Waals surface area contributed by atoms with Crippen molar-refractivity contribution in [1.82, 2.24) is 9.78 Å². The van der Waals surface area contributed by atoms with E-state index in [0.717, 1.165) is 18.5 Å². The molecule has 6 heteroatoms. The second-order valence-corrected chi connectivity index (χ2v) is 5.80. The lowest BCUT2D eigenvalue weighted by Gasteiger charge is -2.14. The maximum absolute atomic E-state index is 12.1. The molecular formula is C15H17ClN4O. The van der Waals surface area contributed by atoms with Gasteiger partial charge in [-0.15, -0.1) is 0 Å². The first-order valence-corrected chi connectivity index (χ1v) is 7.36. The van der Waals surface area contributed by atoms with Crippen molar-refractivity contribution in [2.75, 3.05) is 5.32 Å². The zero-order valence-corrected chi connectivity index (χ0v) is 12.3. The molecule has 1 fully saturated rings. The Morgan fingerprint density at radius 3 is 3.00 bits per heavy atom. The Bertz CT molecular complexity index is 637. The van der Waals surface area contributed by atoms with Crippen LogP contribution in [-0.2, 0) is 4.79 Å². The maximum atomic E-state index is 12.1. The van der Waals surface area contributed by atoms with Crippen molar-refractivity contribution in [2.24, 2.45) is 11.7 Å². The van der Waals surface area contributed by atoms with E-state index >= 15 is 0 Å². The zero-order valence-electron chi connectivity index (χ0n) is 11.5. The molecule has 0 bridgehead atoms. The Labute approximate surface area is 128 Å². The number of carbonyl (C=O) groups excluding carboxylic acids is 1. The molecule has 1 aromatic heterocycles. The van der Waals surface area contributed by atoms with Crippen molar-refractivity contribution in [2.45, 2.75) is 25.3 Å². The highest BCUT2D eigenvalue weighted by Crippen LogP contribution is 2.33. The predicted molar refractivity (Wildman–Crippen MR) is 82.5 cm³/mol. The summed E-state index contributed by atoms with van der Waals surface area (Å²) in [7, 11) is 0. The third kappa shape index (κ3) is 3.43. The van der Waals surface area contributed by atoms with E-state index in [1.165, 1.54) is 0 Å². The molecule has 3 N–H and O–H groups in total. The molecule has 1 saturated carbocycles. The number of benzene rings is 1. The summed E-state index contributed by atoms with van der Waals surface area (Å²) >= 11 is 6.02. The van der Waals surface area contributed by atoms with Gasteiger partial charge in [0, 0.05) is 29.9 Å². The maximum Gasteiger partial charge on any atom is 0.226 e. The van der Waals surface area contributed by atoms with E-state index < -0.39 is 0 Å². The van der Waals surface area contributed by atoms with Crippen molar-refractivity contribution in [3.8, 4) is 5.69 Å². The number of hydrogen-bond acceptors (Lipinski definition) is 3. The van der Waals surface area contributed by atoms with Crippen molar-refractivity contribution in [3.05, 3.63) is 41.7 Å². The lowest BCUT2D eigenvalue weighted by molar-refractivity contribution is -0.116. The minimum atomic E-state index is -0.0925. The van der Waals surface area contributed by atoms with Gasteiger partial charge in [0.25, 0.3) is 0 Å². The summed E-state index contributed by atoms with van der Waals surface area (Å²) < 4.78 is 1.69. The van der Waals surface area contributed by atoms with Gasteiger partial charge in [0.05, 0.1) is 11.4 Å². The van der Waals surface area contributed by atoms with Crippen molar-refractivity contribution < 1.29 is 4.79 Å². The van der Waals surface area contributed by atoms with Gasteiger partial charge in [-0.3, -0.25) is 4.79 Å². The molecule has 110 valence electrons. The van der Waals surface area contributed by atoms with Crippen LogP contribution >= 0.6 is 11.6 Å². The monoisotopic (exact) mass is 304 g/mol. The molecule has 1 aliphatic carbocycles. The molecule has 0 aliphatic heterocycles. The minimum Gasteiger partial charge on any atom is -0.327 e. The van der Waals surface area contributed by atoms with Gasteiger partial charge in [0.2, 0.25) is 5.91 Å². The lowest BCUT2D eigenvalue weighted by atomic mass is 10.1. The number of carbonyl (C=O) groups is 1. The molecule has 5 nitrogen and oxygen atoms in total. The van der Waals surface area contributed by atoms with Gasteiger partial charge >= 0.3 is 0 Å². The Morgan fingerprint density at radius 1 is 1.52 bits per heavy atom. The topological polar surface area (TPSA) is 72.9 Å². The van der Waals surface area contributed by atoms with Crippen LogP contribution in [0.3, 0.4) is 0 Å². The number of nitrogens with one attached hydrogen (secondary N) is 1. The van der Waals surface area contributed by atoms with Gasteiger partial charge in [-0.1, -0.05) is 11.6 Å². The summed E-state index contributed by atoms with van der Waals surface area (Å²) in [6, 6.07) is 7.08. The van der Waals surface area contributed by atoms with E-state index in [-0.39, 0.29) is 11.9 Å². The number of aromatic nitrogens is 2. The van der Waals surface area contributed by atoms with Gasteiger partial charge in [-0.2, -0.15) is 5.10 Å².